The largest absolute Gasteiger partial charge is 0.388 e. The molecule has 0 amide bonds. The summed E-state index contributed by atoms with van der Waals surface area (Å²) in [7, 11) is 1.60. The van der Waals surface area contributed by atoms with Crippen molar-refractivity contribution in [3.05, 3.63) is 24.7 Å². The second-order valence-electron chi connectivity index (χ2n) is 4.08. The molecular weight excluding hydrogens is 222 g/mol. The van der Waals surface area contributed by atoms with E-state index in [-0.39, 0.29) is 6.10 Å². The molecule has 0 aliphatic carbocycles. The second kappa shape index (κ2) is 4.87. The number of amidine groups is 1. The molecule has 1 saturated heterocycles. The molecule has 0 saturated carbocycles. The van der Waals surface area contributed by atoms with Crippen molar-refractivity contribution in [3.63, 3.8) is 0 Å². The van der Waals surface area contributed by atoms with Gasteiger partial charge in [-0.05, 0) is 6.08 Å². The summed E-state index contributed by atoms with van der Waals surface area (Å²) in [6.45, 7) is 4.24. The maximum absolute atomic E-state index is 9.94. The van der Waals surface area contributed by atoms with Gasteiger partial charge in [-0.15, -0.1) is 0 Å². The molecule has 1 fully saturated rings. The molecule has 0 aromatic carbocycles. The Hall–Kier alpha value is -1.37. The van der Waals surface area contributed by atoms with E-state index in [2.05, 4.69) is 11.6 Å². The van der Waals surface area contributed by atoms with Gasteiger partial charge in [0, 0.05) is 19.7 Å². The van der Waals surface area contributed by atoms with Crippen LogP contribution in [-0.4, -0.2) is 48.0 Å². The van der Waals surface area contributed by atoms with Crippen LogP contribution >= 0.6 is 0 Å². The van der Waals surface area contributed by atoms with E-state index in [0.29, 0.717) is 24.7 Å². The molecule has 94 valence electrons. The summed E-state index contributed by atoms with van der Waals surface area (Å²) in [6, 6.07) is 0. The van der Waals surface area contributed by atoms with Crippen LogP contribution in [0.4, 0.5) is 0 Å². The molecule has 0 radical (unpaired) electrons. The van der Waals surface area contributed by atoms with Crippen LogP contribution in [0, 0.1) is 0 Å². The van der Waals surface area contributed by atoms with E-state index in [0.717, 1.165) is 0 Å². The minimum absolute atomic E-state index is 0.107. The van der Waals surface area contributed by atoms with Crippen LogP contribution in [0.2, 0.25) is 0 Å². The van der Waals surface area contributed by atoms with Gasteiger partial charge >= 0.3 is 0 Å². The Morgan fingerprint density at radius 3 is 3.18 bits per heavy atom. The molecule has 0 aromatic heterocycles. The number of nitrogens with zero attached hydrogens (tertiary/aromatic N) is 2. The van der Waals surface area contributed by atoms with Crippen molar-refractivity contribution in [2.45, 2.75) is 24.9 Å². The Balaban J connectivity index is 2.04. The van der Waals surface area contributed by atoms with Crippen LogP contribution in [0.5, 0.6) is 0 Å². The highest BCUT2D eigenvalue weighted by atomic mass is 16.6. The summed E-state index contributed by atoms with van der Waals surface area (Å²) < 4.78 is 10.7. The smallest absolute Gasteiger partial charge is 0.161 e. The van der Waals surface area contributed by atoms with Gasteiger partial charge < -0.3 is 25.2 Å². The number of aliphatic hydroxyl groups is 1. The zero-order chi connectivity index (χ0) is 12.4. The van der Waals surface area contributed by atoms with Crippen LogP contribution in [0.25, 0.3) is 0 Å². The van der Waals surface area contributed by atoms with E-state index in [1.54, 1.807) is 24.3 Å². The first kappa shape index (κ1) is 12.1. The second-order valence-corrected chi connectivity index (χ2v) is 4.08. The first-order valence-electron chi connectivity index (χ1n) is 5.44. The Labute approximate surface area is 100 Å². The predicted octanol–water partition coefficient (Wildman–Crippen LogP) is -0.234. The lowest BCUT2D eigenvalue weighted by Gasteiger charge is -2.30. The van der Waals surface area contributed by atoms with Crippen molar-refractivity contribution in [2.24, 2.45) is 10.7 Å². The lowest BCUT2D eigenvalue weighted by Crippen LogP contribution is -2.39. The summed E-state index contributed by atoms with van der Waals surface area (Å²) in [5, 5.41) is 9.94. The number of methoxy groups -OCH3 is 1. The van der Waals surface area contributed by atoms with Gasteiger partial charge in [-0.3, -0.25) is 0 Å². The Bertz CT molecular complexity index is 367. The van der Waals surface area contributed by atoms with E-state index in [4.69, 9.17) is 15.2 Å². The SMILES string of the molecule is C=C1N=C(N)C=CN1[C@@H]1O[C@H](COC)C[C@H]1O. The monoisotopic (exact) mass is 239 g/mol. The molecule has 2 heterocycles. The van der Waals surface area contributed by atoms with Crippen LogP contribution < -0.4 is 5.73 Å². The number of rotatable bonds is 3. The van der Waals surface area contributed by atoms with Crippen molar-refractivity contribution >= 4 is 5.84 Å². The molecule has 0 unspecified atom stereocenters. The third-order valence-electron chi connectivity index (χ3n) is 2.75. The number of ether oxygens (including phenoxy) is 2. The topological polar surface area (TPSA) is 80.3 Å². The van der Waals surface area contributed by atoms with Gasteiger partial charge in [0.15, 0.2) is 6.23 Å². The quantitative estimate of drug-likeness (QED) is 0.711. The fraction of sp³-hybridized carbons (Fsp3) is 0.545. The number of hydrogen-bond donors (Lipinski definition) is 2. The van der Waals surface area contributed by atoms with E-state index >= 15 is 0 Å². The molecule has 2 aliphatic rings. The lowest BCUT2D eigenvalue weighted by atomic mass is 10.2. The zero-order valence-corrected chi connectivity index (χ0v) is 9.74. The minimum Gasteiger partial charge on any atom is -0.388 e. The first-order valence-corrected chi connectivity index (χ1v) is 5.44. The van der Waals surface area contributed by atoms with Gasteiger partial charge in [0.05, 0.1) is 12.7 Å². The maximum Gasteiger partial charge on any atom is 0.161 e. The molecule has 0 spiro atoms. The molecule has 2 rings (SSSR count). The highest BCUT2D eigenvalue weighted by Crippen LogP contribution is 2.27. The maximum atomic E-state index is 9.94. The summed E-state index contributed by atoms with van der Waals surface area (Å²) in [5.41, 5.74) is 5.55. The summed E-state index contributed by atoms with van der Waals surface area (Å²) >= 11 is 0. The molecule has 3 N–H and O–H groups in total. The molecule has 6 heteroatoms. The Kier molecular flexibility index (Phi) is 3.46. The lowest BCUT2D eigenvalue weighted by molar-refractivity contribution is -0.0724. The van der Waals surface area contributed by atoms with E-state index < -0.39 is 12.3 Å². The molecule has 17 heavy (non-hydrogen) atoms. The number of nitrogens with two attached hydrogens (primary N) is 1. The van der Waals surface area contributed by atoms with Crippen molar-refractivity contribution < 1.29 is 14.6 Å². The molecule has 6 nitrogen and oxygen atoms in total. The minimum atomic E-state index is -0.592. The standard InChI is InChI=1S/C11H17N3O3/c1-7-13-10(12)3-4-14(7)11-9(15)5-8(17-11)6-16-2/h3-4,8-9,11,15H,1,5-6H2,2H3,(H2,12,13)/t8-,9+,11+/m0/s1. The highest BCUT2D eigenvalue weighted by Gasteiger charge is 2.38. The first-order chi connectivity index (χ1) is 8.11. The van der Waals surface area contributed by atoms with Gasteiger partial charge in [0.2, 0.25) is 0 Å². The fourth-order valence-electron chi connectivity index (χ4n) is 1.99. The molecule has 3 atom stereocenters. The third kappa shape index (κ3) is 2.49. The average Bonchev–Trinajstić information content (AvgIpc) is 2.60. The summed E-state index contributed by atoms with van der Waals surface area (Å²) in [6.07, 6.45) is 2.73. The summed E-state index contributed by atoms with van der Waals surface area (Å²) in [5.74, 6) is 0.860. The van der Waals surface area contributed by atoms with Crippen LogP contribution in [0.1, 0.15) is 6.42 Å². The van der Waals surface area contributed by atoms with Gasteiger partial charge in [-0.1, -0.05) is 6.58 Å². The highest BCUT2D eigenvalue weighted by molar-refractivity contribution is 5.92. The van der Waals surface area contributed by atoms with Gasteiger partial charge in [0.1, 0.15) is 17.8 Å². The fourth-order valence-corrected chi connectivity index (χ4v) is 1.99. The van der Waals surface area contributed by atoms with E-state index in [1.165, 1.54) is 0 Å². The Morgan fingerprint density at radius 1 is 1.76 bits per heavy atom. The van der Waals surface area contributed by atoms with E-state index in [1.807, 2.05) is 0 Å². The Morgan fingerprint density at radius 2 is 2.53 bits per heavy atom. The molecular formula is C11H17N3O3. The van der Waals surface area contributed by atoms with Crippen molar-refractivity contribution in [1.82, 2.24) is 4.90 Å². The molecule has 2 aliphatic heterocycles. The number of aliphatic imine (C=N–C) groups is 1. The molecule has 0 bridgehead atoms. The van der Waals surface area contributed by atoms with Crippen LogP contribution in [0.3, 0.4) is 0 Å². The molecule has 0 aromatic rings. The zero-order valence-electron chi connectivity index (χ0n) is 9.74. The summed E-state index contributed by atoms with van der Waals surface area (Å²) in [4.78, 5) is 5.71. The predicted molar refractivity (Wildman–Crippen MR) is 62.9 cm³/mol. The third-order valence-corrected chi connectivity index (χ3v) is 2.75. The normalized spacial score (nSPS) is 33.1. The number of aliphatic hydroxyl groups excluding tert-OH is 1. The van der Waals surface area contributed by atoms with Gasteiger partial charge in [-0.2, -0.15) is 0 Å². The van der Waals surface area contributed by atoms with Crippen molar-refractivity contribution in [3.8, 4) is 0 Å². The van der Waals surface area contributed by atoms with Gasteiger partial charge in [-0.25, -0.2) is 4.99 Å². The van der Waals surface area contributed by atoms with Crippen molar-refractivity contribution in [2.75, 3.05) is 13.7 Å². The van der Waals surface area contributed by atoms with Crippen LogP contribution in [0.15, 0.2) is 29.7 Å². The van der Waals surface area contributed by atoms with Crippen LogP contribution in [-0.2, 0) is 9.47 Å². The van der Waals surface area contributed by atoms with Crippen molar-refractivity contribution in [1.29, 1.82) is 0 Å². The number of hydrogen-bond acceptors (Lipinski definition) is 6. The van der Waals surface area contributed by atoms with E-state index in [9.17, 15) is 5.11 Å². The average molecular weight is 239 g/mol. The van der Waals surface area contributed by atoms with Gasteiger partial charge in [0.25, 0.3) is 0 Å².